The summed E-state index contributed by atoms with van der Waals surface area (Å²) in [4.78, 5) is 35.1. The average molecular weight is 738 g/mol. The van der Waals surface area contributed by atoms with Gasteiger partial charge in [0.1, 0.15) is 17.7 Å². The number of benzene rings is 1. The van der Waals surface area contributed by atoms with Crippen molar-refractivity contribution in [3.63, 3.8) is 0 Å². The molecule has 2 bridgehead atoms. The number of aromatic nitrogens is 3. The highest BCUT2D eigenvalue weighted by atomic mass is 19.4. The van der Waals surface area contributed by atoms with E-state index in [1.165, 1.54) is 22.9 Å². The standard InChI is InChI=1S/C40H50F3N5O5/c1-26-19-30(7-10-33(26)52-4)39-15-12-38(13-16-39,14-17-39)25-47(35(50)27-5-8-32(9-6-27)53-36(51)46-23-31(49)24-46)34-20-28(11-18-44-34)29-21-45-48(22-29)37(2,3)40(41,42)43/h7,10-11,18-22,27,31-32,49H,5-6,8-9,12-17,23-25H2,1-4H3. The minimum absolute atomic E-state index is 0.0262. The Morgan fingerprint density at radius 2 is 1.66 bits per heavy atom. The van der Waals surface area contributed by atoms with E-state index >= 15 is 0 Å². The minimum atomic E-state index is -4.50. The van der Waals surface area contributed by atoms with Gasteiger partial charge in [0.25, 0.3) is 0 Å². The molecule has 1 aromatic carbocycles. The number of amides is 2. The summed E-state index contributed by atoms with van der Waals surface area (Å²) in [6.45, 7) is 5.31. The smallest absolute Gasteiger partial charge is 0.413 e. The van der Waals surface area contributed by atoms with E-state index in [4.69, 9.17) is 14.5 Å². The molecule has 0 unspecified atom stereocenters. The van der Waals surface area contributed by atoms with Gasteiger partial charge in [-0.05, 0) is 131 Å². The molecule has 5 fully saturated rings. The molecule has 0 atom stereocenters. The Morgan fingerprint density at radius 1 is 0.981 bits per heavy atom. The molecule has 2 amide bonds. The molecule has 53 heavy (non-hydrogen) atoms. The van der Waals surface area contributed by atoms with Gasteiger partial charge in [0, 0.05) is 30.4 Å². The number of anilines is 1. The summed E-state index contributed by atoms with van der Waals surface area (Å²) in [6.07, 6.45) is 6.89. The van der Waals surface area contributed by atoms with Crippen molar-refractivity contribution >= 4 is 17.8 Å². The SMILES string of the molecule is COc1ccc(C23CCC(CN(C(=O)C4CCC(OC(=O)N5CC(O)C5)CC4)c4cc(-c5cnn(C(C)(C)C(F)(F)F)c5)ccn4)(CC2)CC3)cc1C. The van der Waals surface area contributed by atoms with E-state index in [0.717, 1.165) is 68.4 Å². The lowest BCUT2D eigenvalue weighted by atomic mass is 9.51. The number of ether oxygens (including phenoxy) is 2. The van der Waals surface area contributed by atoms with Crippen LogP contribution in [-0.4, -0.2) is 81.9 Å². The van der Waals surface area contributed by atoms with Crippen molar-refractivity contribution in [3.05, 3.63) is 60.0 Å². The van der Waals surface area contributed by atoms with E-state index in [1.807, 2.05) is 4.90 Å². The number of aliphatic hydroxyl groups is 1. The largest absolute Gasteiger partial charge is 0.496 e. The number of hydrogen-bond donors (Lipinski definition) is 1. The molecule has 5 aliphatic rings. The number of carbonyl (C=O) groups excluding carboxylic acids is 2. The van der Waals surface area contributed by atoms with Crippen LogP contribution in [0.3, 0.4) is 0 Å². The number of β-amino-alcohol motifs (C(OH)–C–C–N with tert-alkyl or cyclic N) is 1. The number of pyridine rings is 1. The summed E-state index contributed by atoms with van der Waals surface area (Å²) in [6, 6.07) is 10.1. The number of rotatable bonds is 9. The third-order valence-corrected chi connectivity index (χ3v) is 12.8. The second kappa shape index (κ2) is 13.9. The molecule has 3 aromatic rings. The number of carbonyl (C=O) groups is 2. The summed E-state index contributed by atoms with van der Waals surface area (Å²) in [5.74, 6) is 1.04. The van der Waals surface area contributed by atoms with Crippen molar-refractivity contribution in [1.82, 2.24) is 19.7 Å². The fraction of sp³-hybridized carbons (Fsp3) is 0.600. The van der Waals surface area contributed by atoms with Crippen LogP contribution >= 0.6 is 0 Å². The molecule has 2 aromatic heterocycles. The molecule has 10 nitrogen and oxygen atoms in total. The Kier molecular flexibility index (Phi) is 9.78. The Morgan fingerprint density at radius 3 is 2.26 bits per heavy atom. The van der Waals surface area contributed by atoms with Crippen molar-refractivity contribution in [1.29, 1.82) is 0 Å². The first-order chi connectivity index (χ1) is 25.1. The van der Waals surface area contributed by atoms with Crippen LogP contribution in [0.25, 0.3) is 11.1 Å². The Bertz CT molecular complexity index is 1800. The summed E-state index contributed by atoms with van der Waals surface area (Å²) in [5.41, 5.74) is 1.41. The van der Waals surface area contributed by atoms with Crippen LogP contribution in [0.2, 0.25) is 0 Å². The van der Waals surface area contributed by atoms with Crippen LogP contribution in [0.1, 0.15) is 89.2 Å². The summed E-state index contributed by atoms with van der Waals surface area (Å²) >= 11 is 0. The van der Waals surface area contributed by atoms with Crippen molar-refractivity contribution in [3.8, 4) is 16.9 Å². The maximum Gasteiger partial charge on any atom is 0.413 e. The van der Waals surface area contributed by atoms with E-state index in [-0.39, 0.29) is 41.8 Å². The number of halogens is 3. The van der Waals surface area contributed by atoms with Gasteiger partial charge >= 0.3 is 12.3 Å². The van der Waals surface area contributed by atoms with Crippen LogP contribution in [0.4, 0.5) is 23.8 Å². The Balaban J connectivity index is 1.12. The Hall–Kier alpha value is -4.13. The molecular weight excluding hydrogens is 687 g/mol. The molecule has 4 aliphatic carbocycles. The first kappa shape index (κ1) is 37.2. The highest BCUT2D eigenvalue weighted by Gasteiger charge is 2.51. The van der Waals surface area contributed by atoms with Crippen LogP contribution < -0.4 is 9.64 Å². The number of methoxy groups -OCH3 is 1. The zero-order chi connectivity index (χ0) is 37.8. The van der Waals surface area contributed by atoms with E-state index in [2.05, 4.69) is 30.2 Å². The van der Waals surface area contributed by atoms with Crippen molar-refractivity contribution in [2.24, 2.45) is 11.3 Å². The summed E-state index contributed by atoms with van der Waals surface area (Å²) in [7, 11) is 1.69. The van der Waals surface area contributed by atoms with Gasteiger partial charge in [0.15, 0.2) is 5.54 Å². The Labute approximate surface area is 308 Å². The van der Waals surface area contributed by atoms with Gasteiger partial charge in [-0.1, -0.05) is 12.1 Å². The zero-order valence-corrected chi connectivity index (χ0v) is 31.0. The van der Waals surface area contributed by atoms with Gasteiger partial charge in [-0.3, -0.25) is 14.4 Å². The number of hydrogen-bond acceptors (Lipinski definition) is 7. The summed E-state index contributed by atoms with van der Waals surface area (Å²) < 4.78 is 53.6. The second-order valence-electron chi connectivity index (χ2n) is 16.4. The molecule has 1 saturated heterocycles. The van der Waals surface area contributed by atoms with Gasteiger partial charge < -0.3 is 19.5 Å². The first-order valence-corrected chi connectivity index (χ1v) is 18.8. The molecule has 8 rings (SSSR count). The van der Waals surface area contributed by atoms with Gasteiger partial charge in [0.05, 0.1) is 32.5 Å². The highest BCUT2D eigenvalue weighted by Crippen LogP contribution is 2.58. The molecule has 286 valence electrons. The van der Waals surface area contributed by atoms with Crippen molar-refractivity contribution < 1.29 is 37.3 Å². The van der Waals surface area contributed by atoms with Crippen molar-refractivity contribution in [2.75, 3.05) is 31.6 Å². The fourth-order valence-electron chi connectivity index (χ4n) is 8.87. The number of fused-ring (bicyclic) bond motifs is 3. The number of alkyl halides is 3. The van der Waals surface area contributed by atoms with Gasteiger partial charge in [-0.25, -0.2) is 9.78 Å². The normalized spacial score (nSPS) is 26.2. The predicted octanol–water partition coefficient (Wildman–Crippen LogP) is 7.56. The van der Waals surface area contributed by atoms with Crippen molar-refractivity contribution in [2.45, 2.75) is 114 Å². The third kappa shape index (κ3) is 7.13. The number of likely N-dealkylation sites (tertiary alicyclic amines) is 1. The molecule has 1 N–H and O–H groups in total. The predicted molar refractivity (Wildman–Crippen MR) is 193 cm³/mol. The fourth-order valence-corrected chi connectivity index (χ4v) is 8.87. The molecule has 1 aliphatic heterocycles. The van der Waals surface area contributed by atoms with Gasteiger partial charge in [0.2, 0.25) is 5.91 Å². The maximum absolute atomic E-state index is 14.6. The van der Waals surface area contributed by atoms with Crippen LogP contribution in [-0.2, 0) is 20.5 Å². The molecule has 4 saturated carbocycles. The number of aryl methyl sites for hydroxylation is 1. The topological polar surface area (TPSA) is 110 Å². The lowest BCUT2D eigenvalue weighted by molar-refractivity contribution is -0.205. The lowest BCUT2D eigenvalue weighted by Crippen LogP contribution is -2.54. The van der Waals surface area contributed by atoms with Crippen LogP contribution in [0, 0.1) is 18.3 Å². The second-order valence-corrected chi connectivity index (χ2v) is 16.4. The van der Waals surface area contributed by atoms with E-state index in [1.54, 1.807) is 25.4 Å². The maximum atomic E-state index is 14.6. The first-order valence-electron chi connectivity index (χ1n) is 18.8. The third-order valence-electron chi connectivity index (χ3n) is 12.8. The van der Waals surface area contributed by atoms with Crippen LogP contribution in [0.5, 0.6) is 5.75 Å². The minimum Gasteiger partial charge on any atom is -0.496 e. The molecule has 13 heteroatoms. The lowest BCUT2D eigenvalue weighted by Gasteiger charge is -2.55. The van der Waals surface area contributed by atoms with E-state index in [0.29, 0.717) is 49.2 Å². The summed E-state index contributed by atoms with van der Waals surface area (Å²) in [5, 5.41) is 13.6. The quantitative estimate of drug-likeness (QED) is 0.242. The van der Waals surface area contributed by atoms with Gasteiger partial charge in [-0.15, -0.1) is 0 Å². The highest BCUT2D eigenvalue weighted by molar-refractivity contribution is 5.95. The molecular formula is C40H50F3N5O5. The van der Waals surface area contributed by atoms with Crippen LogP contribution in [0.15, 0.2) is 48.9 Å². The monoisotopic (exact) mass is 737 g/mol. The van der Waals surface area contributed by atoms with E-state index < -0.39 is 23.9 Å². The number of aliphatic hydroxyl groups excluding tert-OH is 1. The molecule has 0 radical (unpaired) electrons. The molecule has 0 spiro atoms. The van der Waals surface area contributed by atoms with E-state index in [9.17, 15) is 27.9 Å². The average Bonchev–Trinajstić information content (AvgIpc) is 3.65. The number of nitrogens with zero attached hydrogens (tertiary/aromatic N) is 5. The molecule has 3 heterocycles. The zero-order valence-electron chi connectivity index (χ0n) is 31.0. The van der Waals surface area contributed by atoms with Gasteiger partial charge in [-0.2, -0.15) is 18.3 Å².